The van der Waals surface area contributed by atoms with Crippen LogP contribution in [0.3, 0.4) is 0 Å². The zero-order valence-corrected chi connectivity index (χ0v) is 17.9. The summed E-state index contributed by atoms with van der Waals surface area (Å²) in [5, 5.41) is 6.18. The second kappa shape index (κ2) is 9.02. The number of benzene rings is 1. The molecule has 0 spiro atoms. The molecule has 0 radical (unpaired) electrons. The van der Waals surface area contributed by atoms with E-state index in [0.717, 1.165) is 26.7 Å². The number of anilines is 1. The number of amides is 2. The molecule has 150 valence electrons. The summed E-state index contributed by atoms with van der Waals surface area (Å²) in [5.41, 5.74) is 8.30. The Kier molecular flexibility index (Phi) is 6.46. The summed E-state index contributed by atoms with van der Waals surface area (Å²) >= 11 is 2.92. The van der Waals surface area contributed by atoms with E-state index in [2.05, 4.69) is 10.3 Å². The van der Waals surface area contributed by atoms with E-state index in [1.165, 1.54) is 17.4 Å². The Bertz CT molecular complexity index is 1080. The lowest BCUT2D eigenvalue weighted by Gasteiger charge is -2.05. The second-order valence-corrected chi connectivity index (χ2v) is 8.68. The van der Waals surface area contributed by atoms with Crippen molar-refractivity contribution >= 4 is 45.6 Å². The van der Waals surface area contributed by atoms with Crippen LogP contribution in [-0.4, -0.2) is 16.8 Å². The van der Waals surface area contributed by atoms with Crippen LogP contribution in [0.25, 0.3) is 6.08 Å². The Morgan fingerprint density at radius 3 is 2.76 bits per heavy atom. The molecular formula is C21H21N3O3S2. The molecule has 0 aliphatic rings. The van der Waals surface area contributed by atoms with Crippen LogP contribution in [0.1, 0.15) is 37.1 Å². The highest BCUT2D eigenvalue weighted by Gasteiger charge is 2.18. The maximum Gasteiger partial charge on any atom is 0.251 e. The molecule has 0 unspecified atom stereocenters. The molecule has 8 heteroatoms. The summed E-state index contributed by atoms with van der Waals surface area (Å²) in [6.07, 6.45) is 3.10. The summed E-state index contributed by atoms with van der Waals surface area (Å²) in [7, 11) is 0. The number of nitrogens with one attached hydrogen (secondary N) is 1. The number of hydrogen-bond acceptors (Lipinski definition) is 6. The molecule has 0 saturated heterocycles. The fraction of sp³-hybridized carbons (Fsp3) is 0.190. The van der Waals surface area contributed by atoms with Crippen LogP contribution in [0.5, 0.6) is 5.75 Å². The number of nitrogens with zero attached hydrogens (tertiary/aromatic N) is 1. The van der Waals surface area contributed by atoms with E-state index in [-0.39, 0.29) is 5.91 Å². The van der Waals surface area contributed by atoms with Crippen LogP contribution in [-0.2, 0) is 11.4 Å². The van der Waals surface area contributed by atoms with Crippen molar-refractivity contribution in [2.75, 3.05) is 5.32 Å². The highest BCUT2D eigenvalue weighted by Crippen LogP contribution is 2.32. The van der Waals surface area contributed by atoms with Crippen molar-refractivity contribution in [2.45, 2.75) is 27.4 Å². The van der Waals surface area contributed by atoms with E-state index in [1.54, 1.807) is 17.4 Å². The number of aryl methyl sites for hydroxylation is 2. The number of thiophene rings is 1. The molecule has 0 fully saturated rings. The standard InChI is InChI=1S/C21H21N3O3S2/c1-12-13(2)29-21(19(12)20(22)26)24-18(25)8-7-15-5-4-6-17(9-15)27-10-16-11-28-14(3)23-16/h4-9,11H,10H2,1-3H3,(H2,22,26)(H,24,25)/b8-7+. The number of nitrogens with two attached hydrogens (primary N) is 1. The van der Waals surface area contributed by atoms with Gasteiger partial charge in [0, 0.05) is 16.3 Å². The van der Waals surface area contributed by atoms with Crippen molar-refractivity contribution in [2.24, 2.45) is 5.73 Å². The average molecular weight is 428 g/mol. The fourth-order valence-corrected chi connectivity index (χ4v) is 4.34. The van der Waals surface area contributed by atoms with Crippen LogP contribution < -0.4 is 15.8 Å². The van der Waals surface area contributed by atoms with Gasteiger partial charge in [-0.3, -0.25) is 9.59 Å². The van der Waals surface area contributed by atoms with Gasteiger partial charge in [-0.1, -0.05) is 12.1 Å². The molecule has 2 heterocycles. The molecule has 1 aromatic carbocycles. The number of rotatable bonds is 7. The molecule has 0 aliphatic carbocycles. The van der Waals surface area contributed by atoms with Gasteiger partial charge in [0.2, 0.25) is 5.91 Å². The smallest absolute Gasteiger partial charge is 0.251 e. The normalized spacial score (nSPS) is 11.0. The summed E-state index contributed by atoms with van der Waals surface area (Å²) in [5.74, 6) is -0.192. The Balaban J connectivity index is 1.64. The molecular weight excluding hydrogens is 406 g/mol. The van der Waals surface area contributed by atoms with Gasteiger partial charge in [0.1, 0.15) is 17.4 Å². The van der Waals surface area contributed by atoms with E-state index in [0.29, 0.717) is 22.9 Å². The Morgan fingerprint density at radius 2 is 2.07 bits per heavy atom. The van der Waals surface area contributed by atoms with Crippen molar-refractivity contribution in [3.8, 4) is 5.75 Å². The summed E-state index contributed by atoms with van der Waals surface area (Å²) in [4.78, 5) is 29.3. The number of carbonyl (C=O) groups is 2. The molecule has 6 nitrogen and oxygen atoms in total. The van der Waals surface area contributed by atoms with Gasteiger partial charge < -0.3 is 15.8 Å². The predicted molar refractivity (Wildman–Crippen MR) is 118 cm³/mol. The number of aromatic nitrogens is 1. The van der Waals surface area contributed by atoms with E-state index in [1.807, 2.05) is 50.4 Å². The summed E-state index contributed by atoms with van der Waals surface area (Å²) in [6.45, 7) is 6.05. The third-order valence-electron chi connectivity index (χ3n) is 4.21. The molecule has 3 aromatic rings. The van der Waals surface area contributed by atoms with Gasteiger partial charge in [-0.25, -0.2) is 4.98 Å². The zero-order chi connectivity index (χ0) is 21.0. The third-order valence-corrected chi connectivity index (χ3v) is 6.15. The minimum atomic E-state index is -0.550. The van der Waals surface area contributed by atoms with Crippen LogP contribution in [0.4, 0.5) is 5.00 Å². The number of ether oxygens (including phenoxy) is 1. The van der Waals surface area contributed by atoms with Crippen molar-refractivity contribution in [1.82, 2.24) is 4.98 Å². The van der Waals surface area contributed by atoms with E-state index in [9.17, 15) is 9.59 Å². The number of primary amides is 1. The molecule has 0 aliphatic heterocycles. The topological polar surface area (TPSA) is 94.3 Å². The van der Waals surface area contributed by atoms with E-state index >= 15 is 0 Å². The van der Waals surface area contributed by atoms with Gasteiger partial charge in [0.25, 0.3) is 5.91 Å². The van der Waals surface area contributed by atoms with Crippen molar-refractivity contribution in [1.29, 1.82) is 0 Å². The lowest BCUT2D eigenvalue weighted by atomic mass is 10.1. The number of hydrogen-bond donors (Lipinski definition) is 2. The largest absolute Gasteiger partial charge is 0.487 e. The van der Waals surface area contributed by atoms with Gasteiger partial charge >= 0.3 is 0 Å². The Morgan fingerprint density at radius 1 is 1.28 bits per heavy atom. The van der Waals surface area contributed by atoms with Gasteiger partial charge in [-0.15, -0.1) is 22.7 Å². The third kappa shape index (κ3) is 5.30. The first-order chi connectivity index (χ1) is 13.8. The molecule has 0 saturated carbocycles. The molecule has 3 N–H and O–H groups in total. The van der Waals surface area contributed by atoms with E-state index < -0.39 is 5.91 Å². The van der Waals surface area contributed by atoms with Gasteiger partial charge in [-0.2, -0.15) is 0 Å². The summed E-state index contributed by atoms with van der Waals surface area (Å²) < 4.78 is 5.77. The molecule has 2 amide bonds. The quantitative estimate of drug-likeness (QED) is 0.544. The van der Waals surface area contributed by atoms with E-state index in [4.69, 9.17) is 10.5 Å². The molecule has 0 atom stereocenters. The van der Waals surface area contributed by atoms with Crippen LogP contribution in [0.15, 0.2) is 35.7 Å². The molecule has 29 heavy (non-hydrogen) atoms. The van der Waals surface area contributed by atoms with Crippen molar-refractivity contribution in [3.63, 3.8) is 0 Å². The van der Waals surface area contributed by atoms with Crippen LogP contribution in [0.2, 0.25) is 0 Å². The first-order valence-electron chi connectivity index (χ1n) is 8.86. The predicted octanol–water partition coefficient (Wildman–Crippen LogP) is 4.46. The molecule has 3 rings (SSSR count). The lowest BCUT2D eigenvalue weighted by molar-refractivity contribution is -0.111. The average Bonchev–Trinajstić information content (AvgIpc) is 3.21. The maximum atomic E-state index is 12.3. The minimum Gasteiger partial charge on any atom is -0.487 e. The highest BCUT2D eigenvalue weighted by atomic mass is 32.1. The minimum absolute atomic E-state index is 0.335. The van der Waals surface area contributed by atoms with Gasteiger partial charge in [0.05, 0.1) is 16.3 Å². The van der Waals surface area contributed by atoms with Gasteiger partial charge in [0.15, 0.2) is 0 Å². The van der Waals surface area contributed by atoms with Crippen LogP contribution >= 0.6 is 22.7 Å². The maximum absolute atomic E-state index is 12.3. The lowest BCUT2D eigenvalue weighted by Crippen LogP contribution is -2.16. The second-order valence-electron chi connectivity index (χ2n) is 6.39. The van der Waals surface area contributed by atoms with Gasteiger partial charge in [-0.05, 0) is 50.1 Å². The van der Waals surface area contributed by atoms with Crippen LogP contribution in [0, 0.1) is 20.8 Å². The SMILES string of the molecule is Cc1nc(COc2cccc(/C=C/C(=O)Nc3sc(C)c(C)c3C(N)=O)c2)cs1. The number of thiazole rings is 1. The van der Waals surface area contributed by atoms with Crippen molar-refractivity contribution in [3.05, 3.63) is 68.0 Å². The zero-order valence-electron chi connectivity index (χ0n) is 16.3. The first-order valence-corrected chi connectivity index (χ1v) is 10.6. The Labute approximate surface area is 177 Å². The fourth-order valence-electron chi connectivity index (χ4n) is 2.68. The highest BCUT2D eigenvalue weighted by molar-refractivity contribution is 7.16. The summed E-state index contributed by atoms with van der Waals surface area (Å²) in [6, 6.07) is 7.43. The Hall–Kier alpha value is -2.97. The number of carbonyl (C=O) groups excluding carboxylic acids is 2. The monoisotopic (exact) mass is 427 g/mol. The molecule has 2 aromatic heterocycles. The molecule has 0 bridgehead atoms. The van der Waals surface area contributed by atoms with Crippen molar-refractivity contribution < 1.29 is 14.3 Å². The first kappa shape index (κ1) is 20.8.